The second-order valence-corrected chi connectivity index (χ2v) is 12.3. The van der Waals surface area contributed by atoms with Gasteiger partial charge in [0.1, 0.15) is 11.5 Å². The van der Waals surface area contributed by atoms with Crippen LogP contribution in [0.2, 0.25) is 10.0 Å². The summed E-state index contributed by atoms with van der Waals surface area (Å²) in [4.78, 5) is 28.9. The average molecular weight is 646 g/mol. The molecule has 0 aliphatic carbocycles. The van der Waals surface area contributed by atoms with Crippen LogP contribution in [-0.2, 0) is 0 Å². The minimum absolute atomic E-state index is 0.136. The van der Waals surface area contributed by atoms with Gasteiger partial charge in [-0.25, -0.2) is 9.98 Å². The van der Waals surface area contributed by atoms with E-state index in [4.69, 9.17) is 28.6 Å². The first kappa shape index (κ1) is 29.7. The van der Waals surface area contributed by atoms with Gasteiger partial charge in [0.2, 0.25) is 0 Å². The number of amides is 1. The van der Waals surface area contributed by atoms with Gasteiger partial charge in [0.15, 0.2) is 5.82 Å². The van der Waals surface area contributed by atoms with Crippen LogP contribution in [0.3, 0.4) is 0 Å². The summed E-state index contributed by atoms with van der Waals surface area (Å²) in [6, 6.07) is 27.3. The number of halogens is 2. The molecule has 7 nitrogen and oxygen atoms in total. The maximum Gasteiger partial charge on any atom is 0.273 e. The molecule has 0 bridgehead atoms. The highest BCUT2D eigenvalue weighted by molar-refractivity contribution is 6.32. The number of H-pyrrole nitrogens is 1. The number of hydrogen-bond donors (Lipinski definition) is 3. The predicted octanol–water partition coefficient (Wildman–Crippen LogP) is 9.20. The van der Waals surface area contributed by atoms with Gasteiger partial charge in [0.25, 0.3) is 5.91 Å². The van der Waals surface area contributed by atoms with Crippen LogP contribution in [0.15, 0.2) is 108 Å². The van der Waals surface area contributed by atoms with Crippen molar-refractivity contribution in [2.75, 3.05) is 0 Å². The molecule has 0 radical (unpaired) electrons. The molecular weight excluding hydrogens is 615 g/mol. The van der Waals surface area contributed by atoms with Gasteiger partial charge >= 0.3 is 0 Å². The van der Waals surface area contributed by atoms with Crippen LogP contribution in [0, 0.1) is 11.3 Å². The molecule has 0 spiro atoms. The molecule has 5 aromatic rings. The van der Waals surface area contributed by atoms with Crippen molar-refractivity contribution in [3.8, 4) is 0 Å². The van der Waals surface area contributed by atoms with E-state index in [1.54, 1.807) is 18.3 Å². The molecule has 0 saturated carbocycles. The van der Waals surface area contributed by atoms with E-state index in [9.17, 15) is 4.79 Å². The third kappa shape index (κ3) is 5.42. The lowest BCUT2D eigenvalue weighted by molar-refractivity contribution is 0.0972. The number of rotatable bonds is 6. The molecule has 2 aliphatic heterocycles. The van der Waals surface area contributed by atoms with E-state index in [0.29, 0.717) is 27.4 Å². The van der Waals surface area contributed by atoms with E-state index in [1.807, 2.05) is 60.7 Å². The summed E-state index contributed by atoms with van der Waals surface area (Å²) in [6.45, 7) is 2.23. The smallest absolute Gasteiger partial charge is 0.273 e. The number of fused-ring (bicyclic) bond motifs is 2. The lowest BCUT2D eigenvalue weighted by Crippen LogP contribution is -2.33. The van der Waals surface area contributed by atoms with Crippen molar-refractivity contribution in [3.63, 3.8) is 0 Å². The molecule has 2 atom stereocenters. The summed E-state index contributed by atoms with van der Waals surface area (Å²) in [6.07, 6.45) is 8.14. The van der Waals surface area contributed by atoms with Crippen molar-refractivity contribution in [2.45, 2.75) is 25.8 Å². The summed E-state index contributed by atoms with van der Waals surface area (Å²) < 4.78 is 0. The quantitative estimate of drug-likeness (QED) is 0.127. The SMILES string of the molecule is CC1CC=CN2C(=C1c1ccccc1)c1c(C(=O)NC(CC=N)=Nc3ccccn3)[nH]c3cc(Cl)cc(c13)C2c1ccc(Cl)cc1. The second-order valence-electron chi connectivity index (χ2n) is 11.4. The highest BCUT2D eigenvalue weighted by Gasteiger charge is 2.39. The Balaban J connectivity index is 1.51. The van der Waals surface area contributed by atoms with Crippen LogP contribution >= 0.6 is 23.2 Å². The average Bonchev–Trinajstić information content (AvgIpc) is 3.35. The molecule has 2 aliphatic rings. The molecule has 2 aromatic heterocycles. The van der Waals surface area contributed by atoms with E-state index in [1.165, 1.54) is 6.21 Å². The summed E-state index contributed by atoms with van der Waals surface area (Å²) >= 11 is 13.1. The fourth-order valence-electron chi connectivity index (χ4n) is 6.52. The van der Waals surface area contributed by atoms with Gasteiger partial charge in [-0.1, -0.05) is 84.7 Å². The maximum absolute atomic E-state index is 14.3. The standard InChI is InChI=1S/C37H30Cl2N6O/c1-22-8-7-19-45-35(24-12-14-25(38)15-13-24)27-20-26(39)21-28-32(27)33(36(45)31(22)23-9-3-2-4-10-23)34(42-28)37(46)44-30(16-17-40)43-29-11-5-6-18-41-29/h2-7,9-15,17-22,35,40,42H,8,16H2,1H3,(H,41,43,44,46). The number of nitrogens with zero attached hydrogens (tertiary/aromatic N) is 3. The third-order valence-corrected chi connectivity index (χ3v) is 8.88. The predicted molar refractivity (Wildman–Crippen MR) is 187 cm³/mol. The van der Waals surface area contributed by atoms with Gasteiger partial charge < -0.3 is 20.6 Å². The lowest BCUT2D eigenvalue weighted by atomic mass is 9.82. The highest BCUT2D eigenvalue weighted by Crippen LogP contribution is 2.52. The molecule has 1 amide bonds. The van der Waals surface area contributed by atoms with Crippen molar-refractivity contribution in [1.82, 2.24) is 20.2 Å². The number of nitrogens with one attached hydrogen (secondary N) is 3. The number of hydrogen-bond acceptors (Lipinski definition) is 5. The van der Waals surface area contributed by atoms with Crippen molar-refractivity contribution >= 4 is 69.2 Å². The third-order valence-electron chi connectivity index (χ3n) is 8.41. The van der Waals surface area contributed by atoms with Gasteiger partial charge in [-0.15, -0.1) is 0 Å². The molecular formula is C37H30Cl2N6O. The van der Waals surface area contributed by atoms with Crippen LogP contribution in [0.25, 0.3) is 22.2 Å². The van der Waals surface area contributed by atoms with Crippen molar-refractivity contribution < 1.29 is 4.79 Å². The number of amidine groups is 1. The lowest BCUT2D eigenvalue weighted by Gasteiger charge is -2.39. The van der Waals surface area contributed by atoms with Gasteiger partial charge in [-0.3, -0.25) is 4.79 Å². The first-order valence-electron chi connectivity index (χ1n) is 15.1. The highest BCUT2D eigenvalue weighted by atomic mass is 35.5. The largest absolute Gasteiger partial charge is 0.350 e. The zero-order valence-corrected chi connectivity index (χ0v) is 26.5. The Kier molecular flexibility index (Phi) is 8.03. The monoisotopic (exact) mass is 644 g/mol. The molecule has 3 N–H and O–H groups in total. The van der Waals surface area contributed by atoms with E-state index < -0.39 is 0 Å². The zero-order chi connectivity index (χ0) is 31.8. The Morgan fingerprint density at radius 1 is 1.07 bits per heavy atom. The number of carbonyl (C=O) groups is 1. The van der Waals surface area contributed by atoms with Crippen LogP contribution in [0.5, 0.6) is 0 Å². The van der Waals surface area contributed by atoms with Crippen LogP contribution in [0.4, 0.5) is 5.82 Å². The minimum Gasteiger partial charge on any atom is -0.350 e. The van der Waals surface area contributed by atoms with Crippen LogP contribution in [-0.4, -0.2) is 32.8 Å². The fourth-order valence-corrected chi connectivity index (χ4v) is 6.87. The normalized spacial score (nSPS) is 17.5. The number of benzene rings is 3. The summed E-state index contributed by atoms with van der Waals surface area (Å²) in [5, 5.41) is 12.9. The molecule has 9 heteroatoms. The van der Waals surface area contributed by atoms with Crippen molar-refractivity contribution in [1.29, 1.82) is 5.41 Å². The first-order valence-corrected chi connectivity index (χ1v) is 15.8. The zero-order valence-electron chi connectivity index (χ0n) is 25.0. The Bertz CT molecular complexity index is 2050. The van der Waals surface area contributed by atoms with E-state index in [0.717, 1.165) is 50.8 Å². The molecule has 3 aromatic carbocycles. The summed E-state index contributed by atoms with van der Waals surface area (Å²) in [5.74, 6) is 0.551. The molecule has 2 unspecified atom stereocenters. The van der Waals surface area contributed by atoms with E-state index >= 15 is 0 Å². The number of allylic oxidation sites excluding steroid dienone is 2. The summed E-state index contributed by atoms with van der Waals surface area (Å²) in [5.41, 5.74) is 7.16. The Morgan fingerprint density at radius 3 is 2.59 bits per heavy atom. The van der Waals surface area contributed by atoms with Gasteiger partial charge in [-0.05, 0) is 71.0 Å². The van der Waals surface area contributed by atoms with Crippen molar-refractivity contribution in [2.24, 2.45) is 10.9 Å². The number of pyridine rings is 1. The van der Waals surface area contributed by atoms with Crippen molar-refractivity contribution in [3.05, 3.63) is 141 Å². The number of carbonyl (C=O) groups excluding carboxylic acids is 1. The molecule has 228 valence electrons. The summed E-state index contributed by atoms with van der Waals surface area (Å²) in [7, 11) is 0. The van der Waals surface area contributed by atoms with Gasteiger partial charge in [0, 0.05) is 51.5 Å². The van der Waals surface area contributed by atoms with Gasteiger partial charge in [-0.2, -0.15) is 0 Å². The second kappa shape index (κ2) is 12.4. The molecule has 7 rings (SSSR count). The molecule has 46 heavy (non-hydrogen) atoms. The Morgan fingerprint density at radius 2 is 1.85 bits per heavy atom. The fraction of sp³-hybridized carbons (Fsp3) is 0.135. The number of aromatic amines is 1. The topological polar surface area (TPSA) is 97.2 Å². The van der Waals surface area contributed by atoms with Gasteiger partial charge in [0.05, 0.1) is 11.7 Å². The van der Waals surface area contributed by atoms with Crippen LogP contribution < -0.4 is 5.32 Å². The maximum atomic E-state index is 14.3. The number of aromatic nitrogens is 2. The number of aliphatic imine (C=N–C) groups is 1. The van der Waals surface area contributed by atoms with E-state index in [-0.39, 0.29) is 24.3 Å². The van der Waals surface area contributed by atoms with Crippen LogP contribution in [0.1, 0.15) is 58.5 Å². The molecule has 0 saturated heterocycles. The molecule has 0 fully saturated rings. The minimum atomic E-state index is -0.365. The van der Waals surface area contributed by atoms with E-state index in [2.05, 4.69) is 56.5 Å². The Labute approximate surface area is 276 Å². The molecule has 4 heterocycles. The Hall–Kier alpha value is -4.98. The first-order chi connectivity index (χ1) is 22.4.